The van der Waals surface area contributed by atoms with Crippen LogP contribution >= 0.6 is 11.6 Å². The van der Waals surface area contributed by atoms with E-state index in [2.05, 4.69) is 0 Å². The quantitative estimate of drug-likeness (QED) is 0.796. The third-order valence-electron chi connectivity index (χ3n) is 2.98. The Morgan fingerprint density at radius 2 is 2.00 bits per heavy atom. The summed E-state index contributed by atoms with van der Waals surface area (Å²) in [4.78, 5) is 11.6. The lowest BCUT2D eigenvalue weighted by Gasteiger charge is -2.08. The van der Waals surface area contributed by atoms with Crippen LogP contribution in [-0.4, -0.2) is 12.9 Å². The van der Waals surface area contributed by atoms with Crippen molar-refractivity contribution in [1.29, 1.82) is 0 Å². The molecule has 0 saturated heterocycles. The van der Waals surface area contributed by atoms with Crippen molar-refractivity contribution in [3.8, 4) is 5.75 Å². The van der Waals surface area contributed by atoms with E-state index in [9.17, 15) is 4.79 Å². The number of carbonyl (C=O) groups is 1. The maximum Gasteiger partial charge on any atom is 0.155 e. The molecular weight excluding hydrogens is 236 g/mol. The van der Waals surface area contributed by atoms with Gasteiger partial charge in [-0.3, -0.25) is 4.79 Å². The first-order valence-corrected chi connectivity index (χ1v) is 6.16. The predicted octanol–water partition coefficient (Wildman–Crippen LogP) is 3.88. The summed E-state index contributed by atoms with van der Waals surface area (Å²) in [5.74, 6) is 0.869. The Morgan fingerprint density at radius 3 is 2.76 bits per heavy atom. The largest absolute Gasteiger partial charge is 0.495 e. The summed E-state index contributed by atoms with van der Waals surface area (Å²) >= 11 is 5.98. The fourth-order valence-electron chi connectivity index (χ4n) is 2.04. The van der Waals surface area contributed by atoms with Gasteiger partial charge in [0.05, 0.1) is 12.1 Å². The second kappa shape index (κ2) is 5.37. The van der Waals surface area contributed by atoms with Crippen molar-refractivity contribution in [2.75, 3.05) is 7.11 Å². The Morgan fingerprint density at radius 1 is 1.24 bits per heavy atom. The van der Waals surface area contributed by atoms with E-state index >= 15 is 0 Å². The molecule has 0 aliphatic heterocycles. The minimum Gasteiger partial charge on any atom is -0.495 e. The monoisotopic (exact) mass is 250 g/mol. The van der Waals surface area contributed by atoms with Crippen molar-refractivity contribution in [2.45, 2.75) is 25.7 Å². The molecule has 1 aliphatic rings. The highest BCUT2D eigenvalue weighted by Gasteiger charge is 2.11. The van der Waals surface area contributed by atoms with Gasteiger partial charge in [0.2, 0.25) is 0 Å². The highest BCUT2D eigenvalue weighted by Crippen LogP contribution is 2.31. The van der Waals surface area contributed by atoms with Gasteiger partial charge in [-0.05, 0) is 48.6 Å². The van der Waals surface area contributed by atoms with Crippen molar-refractivity contribution < 1.29 is 9.53 Å². The number of ketones is 1. The van der Waals surface area contributed by atoms with Crippen LogP contribution in [0.15, 0.2) is 24.3 Å². The van der Waals surface area contributed by atoms with Gasteiger partial charge in [-0.25, -0.2) is 0 Å². The predicted molar refractivity (Wildman–Crippen MR) is 69.5 cm³/mol. The molecule has 0 spiro atoms. The summed E-state index contributed by atoms with van der Waals surface area (Å²) in [5.41, 5.74) is 2.11. The van der Waals surface area contributed by atoms with E-state index < -0.39 is 0 Å². The molecule has 0 aromatic heterocycles. The van der Waals surface area contributed by atoms with Crippen LogP contribution in [0.3, 0.4) is 0 Å². The zero-order valence-electron chi connectivity index (χ0n) is 9.83. The van der Waals surface area contributed by atoms with E-state index in [1.54, 1.807) is 13.2 Å². The van der Waals surface area contributed by atoms with Crippen LogP contribution in [0, 0.1) is 0 Å². The molecule has 2 nitrogen and oxygen atoms in total. The first-order chi connectivity index (χ1) is 8.20. The molecule has 1 aromatic rings. The van der Waals surface area contributed by atoms with E-state index in [4.69, 9.17) is 16.3 Å². The smallest absolute Gasteiger partial charge is 0.155 e. The fraction of sp³-hybridized carbons (Fsp3) is 0.357. The third-order valence-corrected chi connectivity index (χ3v) is 3.29. The van der Waals surface area contributed by atoms with Crippen molar-refractivity contribution in [3.05, 3.63) is 34.9 Å². The summed E-state index contributed by atoms with van der Waals surface area (Å²) in [6, 6.07) is 5.65. The van der Waals surface area contributed by atoms with Crippen LogP contribution < -0.4 is 4.74 Å². The van der Waals surface area contributed by atoms with Crippen molar-refractivity contribution >= 4 is 23.0 Å². The zero-order valence-corrected chi connectivity index (χ0v) is 10.6. The van der Waals surface area contributed by atoms with Gasteiger partial charge in [0.1, 0.15) is 5.75 Å². The lowest BCUT2D eigenvalue weighted by atomic mass is 10.0. The zero-order chi connectivity index (χ0) is 12.3. The van der Waals surface area contributed by atoms with E-state index in [-0.39, 0.29) is 5.78 Å². The van der Waals surface area contributed by atoms with E-state index in [1.165, 1.54) is 0 Å². The molecule has 0 unspecified atom stereocenters. The lowest BCUT2D eigenvalue weighted by molar-refractivity contribution is -0.114. The summed E-state index contributed by atoms with van der Waals surface area (Å²) in [6.07, 6.45) is 5.40. The Kier molecular flexibility index (Phi) is 3.85. The van der Waals surface area contributed by atoms with Crippen LogP contribution in [0.1, 0.15) is 31.2 Å². The van der Waals surface area contributed by atoms with Crippen LogP contribution in [-0.2, 0) is 4.79 Å². The number of methoxy groups -OCH3 is 1. The molecular formula is C14H15ClO2. The van der Waals surface area contributed by atoms with Gasteiger partial charge in [0.15, 0.2) is 5.78 Å². The normalized spacial score (nSPS) is 16.4. The molecule has 0 amide bonds. The molecule has 0 saturated carbocycles. The van der Waals surface area contributed by atoms with Gasteiger partial charge in [-0.1, -0.05) is 17.7 Å². The maximum atomic E-state index is 11.6. The Bertz CT molecular complexity index is 463. The molecule has 2 rings (SSSR count). The summed E-state index contributed by atoms with van der Waals surface area (Å²) in [5, 5.41) is 0.594. The van der Waals surface area contributed by atoms with Gasteiger partial charge in [-0.15, -0.1) is 0 Å². The summed E-state index contributed by atoms with van der Waals surface area (Å²) in [6.45, 7) is 0. The summed E-state index contributed by atoms with van der Waals surface area (Å²) < 4.78 is 5.19. The van der Waals surface area contributed by atoms with Crippen molar-refractivity contribution in [1.82, 2.24) is 0 Å². The first kappa shape index (κ1) is 12.2. The topological polar surface area (TPSA) is 26.3 Å². The minimum absolute atomic E-state index is 0.214. The average molecular weight is 251 g/mol. The number of benzene rings is 1. The second-order valence-corrected chi connectivity index (χ2v) is 4.60. The highest BCUT2D eigenvalue weighted by atomic mass is 35.5. The molecule has 0 N–H and O–H groups in total. The Balaban J connectivity index is 2.35. The fourth-order valence-corrected chi connectivity index (χ4v) is 2.24. The molecule has 90 valence electrons. The highest BCUT2D eigenvalue weighted by molar-refractivity contribution is 6.32. The molecule has 0 atom stereocenters. The van der Waals surface area contributed by atoms with Crippen LogP contribution in [0.5, 0.6) is 5.75 Å². The standard InChI is InChI=1S/C14H15ClO2/c1-17-14-9-11(6-7-13(14)15)10-4-2-3-5-12(16)8-10/h6-9H,2-5H2,1H3. The molecule has 1 aliphatic carbocycles. The minimum atomic E-state index is 0.214. The molecule has 0 radical (unpaired) electrons. The Hall–Kier alpha value is -1.28. The number of hydrogen-bond acceptors (Lipinski definition) is 2. The van der Waals surface area contributed by atoms with E-state index in [0.717, 1.165) is 30.4 Å². The number of rotatable bonds is 2. The average Bonchev–Trinajstić information content (AvgIpc) is 2.54. The number of halogens is 1. The van der Waals surface area contributed by atoms with Crippen molar-refractivity contribution in [3.63, 3.8) is 0 Å². The molecule has 0 heterocycles. The molecule has 0 bridgehead atoms. The van der Waals surface area contributed by atoms with Gasteiger partial charge < -0.3 is 4.74 Å². The molecule has 3 heteroatoms. The van der Waals surface area contributed by atoms with Crippen molar-refractivity contribution in [2.24, 2.45) is 0 Å². The maximum absolute atomic E-state index is 11.6. The second-order valence-electron chi connectivity index (χ2n) is 4.19. The molecule has 0 fully saturated rings. The molecule has 1 aromatic carbocycles. The number of ether oxygens (including phenoxy) is 1. The number of hydrogen-bond donors (Lipinski definition) is 0. The molecule has 17 heavy (non-hydrogen) atoms. The summed E-state index contributed by atoms with van der Waals surface area (Å²) in [7, 11) is 1.59. The van der Waals surface area contributed by atoms with Crippen LogP contribution in [0.4, 0.5) is 0 Å². The number of carbonyl (C=O) groups excluding carboxylic acids is 1. The van der Waals surface area contributed by atoms with Gasteiger partial charge in [-0.2, -0.15) is 0 Å². The first-order valence-electron chi connectivity index (χ1n) is 5.78. The van der Waals surface area contributed by atoms with Crippen LogP contribution in [0.25, 0.3) is 5.57 Å². The number of allylic oxidation sites excluding steroid dienone is 2. The van der Waals surface area contributed by atoms with Gasteiger partial charge in [0.25, 0.3) is 0 Å². The lowest BCUT2D eigenvalue weighted by Crippen LogP contribution is -1.92. The van der Waals surface area contributed by atoms with Gasteiger partial charge >= 0.3 is 0 Å². The Labute approximate surface area is 106 Å². The van der Waals surface area contributed by atoms with Gasteiger partial charge in [0, 0.05) is 6.42 Å². The SMILES string of the molecule is COc1cc(C2=CC(=O)CCCC2)ccc1Cl. The third kappa shape index (κ3) is 2.89. The van der Waals surface area contributed by atoms with E-state index in [0.29, 0.717) is 17.2 Å². The van der Waals surface area contributed by atoms with Crippen LogP contribution in [0.2, 0.25) is 5.02 Å². The van der Waals surface area contributed by atoms with E-state index in [1.807, 2.05) is 18.2 Å².